The van der Waals surface area contributed by atoms with Crippen LogP contribution in [0.4, 0.5) is 4.39 Å². The summed E-state index contributed by atoms with van der Waals surface area (Å²) in [6, 6.07) is 5.94. The van der Waals surface area contributed by atoms with Crippen molar-refractivity contribution in [2.75, 3.05) is 0 Å². The maximum atomic E-state index is 14.3. The zero-order chi connectivity index (χ0) is 15.1. The molecule has 0 fully saturated rings. The molecule has 0 N–H and O–H groups in total. The Labute approximate surface area is 134 Å². The molecule has 0 bridgehead atoms. The van der Waals surface area contributed by atoms with Crippen LogP contribution in [-0.4, -0.2) is 5.16 Å². The summed E-state index contributed by atoms with van der Waals surface area (Å²) >= 11 is 4.86. The van der Waals surface area contributed by atoms with Crippen molar-refractivity contribution in [2.24, 2.45) is 0 Å². The minimum atomic E-state index is -0.193. The Morgan fingerprint density at radius 3 is 2.57 bits per heavy atom. The van der Waals surface area contributed by atoms with Gasteiger partial charge in [0.15, 0.2) is 0 Å². The van der Waals surface area contributed by atoms with Crippen LogP contribution in [0.5, 0.6) is 0 Å². The van der Waals surface area contributed by atoms with Gasteiger partial charge in [0.05, 0.1) is 10.4 Å². The van der Waals surface area contributed by atoms with Gasteiger partial charge in [-0.1, -0.05) is 27.2 Å². The highest BCUT2D eigenvalue weighted by Gasteiger charge is 2.22. The third kappa shape index (κ3) is 2.45. The Balaban J connectivity index is 2.21. The SMILES string of the molecule is Cc1cc(-c2noc(C)c2-c2scc(C)c2F)ccc1Br. The monoisotopic (exact) mass is 365 g/mol. The number of aryl methyl sites for hydroxylation is 3. The van der Waals surface area contributed by atoms with Crippen LogP contribution in [0.3, 0.4) is 0 Å². The van der Waals surface area contributed by atoms with Gasteiger partial charge in [-0.05, 0) is 49.4 Å². The van der Waals surface area contributed by atoms with Crippen LogP contribution in [0.25, 0.3) is 21.7 Å². The largest absolute Gasteiger partial charge is 0.360 e. The molecule has 3 aromatic rings. The molecule has 0 atom stereocenters. The van der Waals surface area contributed by atoms with Gasteiger partial charge >= 0.3 is 0 Å². The molecular weight excluding hydrogens is 353 g/mol. The van der Waals surface area contributed by atoms with Crippen LogP contribution in [0.2, 0.25) is 0 Å². The van der Waals surface area contributed by atoms with E-state index < -0.39 is 0 Å². The van der Waals surface area contributed by atoms with Crippen LogP contribution < -0.4 is 0 Å². The molecule has 0 aliphatic heterocycles. The van der Waals surface area contributed by atoms with E-state index in [2.05, 4.69) is 21.1 Å². The average molecular weight is 366 g/mol. The molecule has 0 saturated carbocycles. The van der Waals surface area contributed by atoms with Crippen LogP contribution in [0, 0.1) is 26.6 Å². The van der Waals surface area contributed by atoms with Crippen LogP contribution >= 0.6 is 27.3 Å². The van der Waals surface area contributed by atoms with Crippen LogP contribution in [0.1, 0.15) is 16.9 Å². The summed E-state index contributed by atoms with van der Waals surface area (Å²) in [5.74, 6) is 0.438. The fourth-order valence-corrected chi connectivity index (χ4v) is 3.49. The summed E-state index contributed by atoms with van der Waals surface area (Å²) in [4.78, 5) is 0.585. The Morgan fingerprint density at radius 2 is 1.95 bits per heavy atom. The fourth-order valence-electron chi connectivity index (χ4n) is 2.23. The first kappa shape index (κ1) is 14.5. The molecule has 3 rings (SSSR count). The molecule has 5 heteroatoms. The quantitative estimate of drug-likeness (QED) is 0.565. The van der Waals surface area contributed by atoms with E-state index in [1.54, 1.807) is 6.92 Å². The first-order chi connectivity index (χ1) is 9.99. The Kier molecular flexibility index (Phi) is 3.71. The second-order valence-corrected chi connectivity index (χ2v) is 6.72. The van der Waals surface area contributed by atoms with Gasteiger partial charge in [0, 0.05) is 10.0 Å². The third-order valence-electron chi connectivity index (χ3n) is 3.42. The Morgan fingerprint density at radius 1 is 1.19 bits per heavy atom. The molecule has 0 amide bonds. The Bertz CT molecular complexity index is 822. The summed E-state index contributed by atoms with van der Waals surface area (Å²) in [6.45, 7) is 5.59. The van der Waals surface area contributed by atoms with E-state index >= 15 is 0 Å². The number of hydrogen-bond donors (Lipinski definition) is 0. The highest BCUT2D eigenvalue weighted by Crippen LogP contribution is 2.40. The molecule has 2 nitrogen and oxygen atoms in total. The van der Waals surface area contributed by atoms with Crippen molar-refractivity contribution in [3.8, 4) is 21.7 Å². The first-order valence-corrected chi connectivity index (χ1v) is 8.13. The number of hydrogen-bond acceptors (Lipinski definition) is 3. The molecule has 2 heterocycles. The van der Waals surface area contributed by atoms with Gasteiger partial charge in [-0.3, -0.25) is 0 Å². The molecule has 0 spiro atoms. The molecule has 0 aliphatic rings. The highest BCUT2D eigenvalue weighted by molar-refractivity contribution is 9.10. The number of thiophene rings is 1. The Hall–Kier alpha value is -1.46. The number of halogens is 2. The van der Waals surface area contributed by atoms with Gasteiger partial charge < -0.3 is 4.52 Å². The summed E-state index contributed by atoms with van der Waals surface area (Å²) < 4.78 is 20.6. The van der Waals surface area contributed by atoms with Crippen molar-refractivity contribution in [2.45, 2.75) is 20.8 Å². The molecule has 0 saturated heterocycles. The van der Waals surface area contributed by atoms with Gasteiger partial charge in [-0.2, -0.15) is 0 Å². The predicted octanol–water partition coefficient (Wildman–Crippen LogP) is 5.90. The van der Waals surface area contributed by atoms with Crippen molar-refractivity contribution < 1.29 is 8.91 Å². The molecule has 0 radical (unpaired) electrons. The van der Waals surface area contributed by atoms with Gasteiger partial charge in [0.1, 0.15) is 17.3 Å². The van der Waals surface area contributed by atoms with E-state index in [1.807, 2.05) is 37.4 Å². The van der Waals surface area contributed by atoms with E-state index in [-0.39, 0.29) is 5.82 Å². The first-order valence-electron chi connectivity index (χ1n) is 6.45. The lowest BCUT2D eigenvalue weighted by atomic mass is 10.0. The van der Waals surface area contributed by atoms with Crippen molar-refractivity contribution in [1.29, 1.82) is 0 Å². The van der Waals surface area contributed by atoms with Gasteiger partial charge in [0.25, 0.3) is 0 Å². The third-order valence-corrected chi connectivity index (χ3v) is 5.40. The number of aromatic nitrogens is 1. The standard InChI is InChI=1S/C16H13BrFNOS/c1-8-6-11(4-5-12(8)17)15-13(10(3)20-19-15)16-14(18)9(2)7-21-16/h4-7H,1-3H3. The van der Waals surface area contributed by atoms with Gasteiger partial charge in [-0.25, -0.2) is 4.39 Å². The lowest BCUT2D eigenvalue weighted by Gasteiger charge is -2.04. The van der Waals surface area contributed by atoms with Gasteiger partial charge in [-0.15, -0.1) is 11.3 Å². The predicted molar refractivity (Wildman–Crippen MR) is 87.1 cm³/mol. The van der Waals surface area contributed by atoms with Crippen LogP contribution in [-0.2, 0) is 0 Å². The number of benzene rings is 1. The molecule has 0 unspecified atom stereocenters. The van der Waals surface area contributed by atoms with Crippen molar-refractivity contribution in [3.05, 3.63) is 50.8 Å². The summed E-state index contributed by atoms with van der Waals surface area (Å²) in [6.07, 6.45) is 0. The number of nitrogens with zero attached hydrogens (tertiary/aromatic N) is 1. The minimum Gasteiger partial charge on any atom is -0.360 e. The van der Waals surface area contributed by atoms with Crippen molar-refractivity contribution >= 4 is 27.3 Å². The molecule has 2 aromatic heterocycles. The van der Waals surface area contributed by atoms with Crippen molar-refractivity contribution in [3.63, 3.8) is 0 Å². The maximum Gasteiger partial charge on any atom is 0.144 e. The second-order valence-electron chi connectivity index (χ2n) is 4.99. The van der Waals surface area contributed by atoms with E-state index in [9.17, 15) is 4.39 Å². The average Bonchev–Trinajstić information content (AvgIpc) is 2.98. The zero-order valence-electron chi connectivity index (χ0n) is 11.8. The second kappa shape index (κ2) is 5.39. The molecule has 108 valence electrons. The highest BCUT2D eigenvalue weighted by atomic mass is 79.9. The summed E-state index contributed by atoms with van der Waals surface area (Å²) in [5.41, 5.74) is 4.10. The topological polar surface area (TPSA) is 26.0 Å². The van der Waals surface area contributed by atoms with Crippen molar-refractivity contribution in [1.82, 2.24) is 5.16 Å². The summed E-state index contributed by atoms with van der Waals surface area (Å²) in [7, 11) is 0. The molecule has 21 heavy (non-hydrogen) atoms. The maximum absolute atomic E-state index is 14.3. The molecule has 0 aliphatic carbocycles. The van der Waals surface area contributed by atoms with E-state index in [0.29, 0.717) is 21.9 Å². The molecule has 1 aromatic carbocycles. The normalized spacial score (nSPS) is 11.1. The number of rotatable bonds is 2. The minimum absolute atomic E-state index is 0.193. The smallest absolute Gasteiger partial charge is 0.144 e. The molecular formula is C16H13BrFNOS. The van der Waals surface area contributed by atoms with Crippen LogP contribution in [0.15, 0.2) is 32.6 Å². The zero-order valence-corrected chi connectivity index (χ0v) is 14.2. The lowest BCUT2D eigenvalue weighted by molar-refractivity contribution is 0.400. The lowest BCUT2D eigenvalue weighted by Crippen LogP contribution is -1.86. The summed E-state index contributed by atoms with van der Waals surface area (Å²) in [5, 5.41) is 5.95. The fraction of sp³-hybridized carbons (Fsp3) is 0.188. The van der Waals surface area contributed by atoms with E-state index in [0.717, 1.165) is 21.2 Å². The van der Waals surface area contributed by atoms with Gasteiger partial charge in [0.2, 0.25) is 0 Å². The van der Waals surface area contributed by atoms with E-state index in [4.69, 9.17) is 4.52 Å². The van der Waals surface area contributed by atoms with E-state index in [1.165, 1.54) is 11.3 Å².